The van der Waals surface area contributed by atoms with Crippen molar-refractivity contribution in [2.24, 2.45) is 0 Å². The minimum Gasteiger partial charge on any atom is -0.297 e. The van der Waals surface area contributed by atoms with E-state index in [1.807, 2.05) is 12.4 Å². The van der Waals surface area contributed by atoms with Crippen molar-refractivity contribution in [1.29, 1.82) is 0 Å². The zero-order chi connectivity index (χ0) is 9.90. The van der Waals surface area contributed by atoms with Crippen molar-refractivity contribution >= 4 is 0 Å². The maximum absolute atomic E-state index is 4.00. The van der Waals surface area contributed by atoms with Crippen LogP contribution in [0, 0.1) is 0 Å². The fourth-order valence-corrected chi connectivity index (χ4v) is 0.999. The number of aromatic nitrogens is 1. The van der Waals surface area contributed by atoms with Crippen LogP contribution in [0.3, 0.4) is 0 Å². The van der Waals surface area contributed by atoms with E-state index in [1.165, 1.54) is 5.56 Å². The van der Waals surface area contributed by atoms with Crippen LogP contribution in [-0.2, 0) is 6.54 Å². The first kappa shape index (κ1) is 10.2. The van der Waals surface area contributed by atoms with Gasteiger partial charge in [-0.05, 0) is 45.5 Å². The molecule has 0 saturated carbocycles. The molecule has 0 spiro atoms. The molecule has 0 bridgehead atoms. The molecule has 0 aromatic carbocycles. The fourth-order valence-electron chi connectivity index (χ4n) is 0.999. The molecule has 2 heteroatoms. The first-order chi connectivity index (χ1) is 6.00. The van der Waals surface area contributed by atoms with Crippen LogP contribution in [0.25, 0.3) is 0 Å². The Morgan fingerprint density at radius 2 is 1.77 bits per heavy atom. The Hall–Kier alpha value is -0.890. The van der Waals surface area contributed by atoms with E-state index in [4.69, 9.17) is 0 Å². The van der Waals surface area contributed by atoms with Crippen molar-refractivity contribution < 1.29 is 0 Å². The Bertz CT molecular complexity index is 249. The van der Waals surface area contributed by atoms with Crippen LogP contribution in [-0.4, -0.2) is 22.5 Å². The minimum absolute atomic E-state index is 0.225. The molecule has 0 fully saturated rings. The zero-order valence-corrected chi connectivity index (χ0v) is 8.91. The molecule has 1 rings (SSSR count). The van der Waals surface area contributed by atoms with Crippen molar-refractivity contribution in [3.8, 4) is 0 Å². The highest BCUT2D eigenvalue weighted by Gasteiger charge is 2.16. The number of hydrogen-bond acceptors (Lipinski definition) is 2. The van der Waals surface area contributed by atoms with Gasteiger partial charge in [-0.2, -0.15) is 0 Å². The van der Waals surface area contributed by atoms with Gasteiger partial charge in [-0.1, -0.05) is 0 Å². The first-order valence-corrected chi connectivity index (χ1v) is 4.60. The number of nitrogens with zero attached hydrogens (tertiary/aromatic N) is 2. The van der Waals surface area contributed by atoms with Gasteiger partial charge in [0.2, 0.25) is 0 Å². The van der Waals surface area contributed by atoms with E-state index < -0.39 is 0 Å². The summed E-state index contributed by atoms with van der Waals surface area (Å²) in [6.45, 7) is 7.63. The SMILES string of the molecule is CN(Cc1ccncc1)C(C)(C)C. The summed E-state index contributed by atoms with van der Waals surface area (Å²) in [4.78, 5) is 6.32. The standard InChI is InChI=1S/C11H18N2/c1-11(2,3)13(4)9-10-5-7-12-8-6-10/h5-8H,9H2,1-4H3. The minimum atomic E-state index is 0.225. The molecule has 13 heavy (non-hydrogen) atoms. The van der Waals surface area contributed by atoms with Crippen molar-refractivity contribution in [3.05, 3.63) is 30.1 Å². The lowest BCUT2D eigenvalue weighted by Crippen LogP contribution is -2.37. The van der Waals surface area contributed by atoms with E-state index in [-0.39, 0.29) is 5.54 Å². The average molecular weight is 178 g/mol. The van der Waals surface area contributed by atoms with Crippen LogP contribution in [0.15, 0.2) is 24.5 Å². The lowest BCUT2D eigenvalue weighted by molar-refractivity contribution is 0.167. The van der Waals surface area contributed by atoms with Gasteiger partial charge in [0.25, 0.3) is 0 Å². The van der Waals surface area contributed by atoms with Crippen LogP contribution in [0.5, 0.6) is 0 Å². The molecule has 0 amide bonds. The lowest BCUT2D eigenvalue weighted by atomic mass is 10.1. The van der Waals surface area contributed by atoms with Gasteiger partial charge in [-0.15, -0.1) is 0 Å². The Morgan fingerprint density at radius 1 is 1.23 bits per heavy atom. The summed E-state index contributed by atoms with van der Waals surface area (Å²) in [7, 11) is 2.14. The number of rotatable bonds is 2. The van der Waals surface area contributed by atoms with E-state index in [2.05, 4.69) is 49.8 Å². The molecule has 0 saturated heterocycles. The molecule has 72 valence electrons. The summed E-state index contributed by atoms with van der Waals surface area (Å²) in [6.07, 6.45) is 3.68. The normalized spacial score (nSPS) is 12.1. The Labute approximate surface area is 80.6 Å². The quantitative estimate of drug-likeness (QED) is 0.691. The molecule has 1 aromatic rings. The van der Waals surface area contributed by atoms with Gasteiger partial charge in [0.15, 0.2) is 0 Å². The van der Waals surface area contributed by atoms with Gasteiger partial charge in [-0.3, -0.25) is 9.88 Å². The van der Waals surface area contributed by atoms with Gasteiger partial charge in [0.1, 0.15) is 0 Å². The van der Waals surface area contributed by atoms with Crippen molar-refractivity contribution in [3.63, 3.8) is 0 Å². The molecule has 0 aliphatic carbocycles. The fraction of sp³-hybridized carbons (Fsp3) is 0.545. The third kappa shape index (κ3) is 3.15. The van der Waals surface area contributed by atoms with E-state index in [0.717, 1.165) is 6.54 Å². The molecule has 0 aliphatic rings. The Balaban J connectivity index is 2.61. The first-order valence-electron chi connectivity index (χ1n) is 4.60. The highest BCUT2D eigenvalue weighted by Crippen LogP contribution is 2.13. The largest absolute Gasteiger partial charge is 0.297 e. The summed E-state index contributed by atoms with van der Waals surface area (Å²) >= 11 is 0. The van der Waals surface area contributed by atoms with Crippen LogP contribution in [0.1, 0.15) is 26.3 Å². The van der Waals surface area contributed by atoms with Gasteiger partial charge in [0, 0.05) is 24.5 Å². The van der Waals surface area contributed by atoms with E-state index >= 15 is 0 Å². The Kier molecular flexibility index (Phi) is 3.04. The molecule has 1 heterocycles. The molecule has 0 unspecified atom stereocenters. The molecule has 0 N–H and O–H groups in total. The van der Waals surface area contributed by atoms with E-state index in [0.29, 0.717) is 0 Å². The smallest absolute Gasteiger partial charge is 0.0271 e. The van der Waals surface area contributed by atoms with Crippen LogP contribution < -0.4 is 0 Å². The maximum Gasteiger partial charge on any atom is 0.0271 e. The van der Waals surface area contributed by atoms with Crippen LogP contribution in [0.4, 0.5) is 0 Å². The number of hydrogen-bond donors (Lipinski definition) is 0. The predicted molar refractivity (Wildman–Crippen MR) is 55.5 cm³/mol. The van der Waals surface area contributed by atoms with Gasteiger partial charge in [-0.25, -0.2) is 0 Å². The molecular formula is C11H18N2. The summed E-state index contributed by atoms with van der Waals surface area (Å²) in [6, 6.07) is 4.12. The monoisotopic (exact) mass is 178 g/mol. The van der Waals surface area contributed by atoms with Crippen molar-refractivity contribution in [2.45, 2.75) is 32.9 Å². The molecule has 2 nitrogen and oxygen atoms in total. The second-order valence-corrected chi connectivity index (χ2v) is 4.38. The van der Waals surface area contributed by atoms with Crippen LogP contribution in [0.2, 0.25) is 0 Å². The maximum atomic E-state index is 4.00. The highest BCUT2D eigenvalue weighted by molar-refractivity contribution is 5.09. The van der Waals surface area contributed by atoms with Gasteiger partial charge in [0.05, 0.1) is 0 Å². The highest BCUT2D eigenvalue weighted by atomic mass is 15.1. The number of pyridine rings is 1. The van der Waals surface area contributed by atoms with Crippen molar-refractivity contribution in [1.82, 2.24) is 9.88 Å². The predicted octanol–water partition coefficient (Wildman–Crippen LogP) is 2.31. The zero-order valence-electron chi connectivity index (χ0n) is 8.91. The third-order valence-electron chi connectivity index (χ3n) is 2.31. The molecule has 0 radical (unpaired) electrons. The Morgan fingerprint density at radius 3 is 2.23 bits per heavy atom. The summed E-state index contributed by atoms with van der Waals surface area (Å²) in [5.41, 5.74) is 1.54. The molecule has 0 atom stereocenters. The second kappa shape index (κ2) is 3.88. The summed E-state index contributed by atoms with van der Waals surface area (Å²) in [5, 5.41) is 0. The van der Waals surface area contributed by atoms with Crippen molar-refractivity contribution in [2.75, 3.05) is 7.05 Å². The topological polar surface area (TPSA) is 16.1 Å². The van der Waals surface area contributed by atoms with Gasteiger partial charge >= 0.3 is 0 Å². The summed E-state index contributed by atoms with van der Waals surface area (Å²) in [5.74, 6) is 0. The van der Waals surface area contributed by atoms with E-state index in [9.17, 15) is 0 Å². The van der Waals surface area contributed by atoms with Gasteiger partial charge < -0.3 is 0 Å². The second-order valence-electron chi connectivity index (χ2n) is 4.38. The van der Waals surface area contributed by atoms with E-state index in [1.54, 1.807) is 0 Å². The summed E-state index contributed by atoms with van der Waals surface area (Å²) < 4.78 is 0. The molecule has 1 aromatic heterocycles. The molecular weight excluding hydrogens is 160 g/mol. The van der Waals surface area contributed by atoms with Crippen LogP contribution >= 0.6 is 0 Å². The average Bonchev–Trinajstić information content (AvgIpc) is 2.04. The molecule has 0 aliphatic heterocycles. The third-order valence-corrected chi connectivity index (χ3v) is 2.31. The lowest BCUT2D eigenvalue weighted by Gasteiger charge is -2.31.